The van der Waals surface area contributed by atoms with Gasteiger partial charge in [0.05, 0.1) is 12.7 Å². The van der Waals surface area contributed by atoms with Crippen LogP contribution in [0.15, 0.2) is 55.1 Å². The van der Waals surface area contributed by atoms with Crippen LogP contribution in [0, 0.1) is 0 Å². The first-order valence-corrected chi connectivity index (χ1v) is 6.43. The van der Waals surface area contributed by atoms with Gasteiger partial charge in [-0.15, -0.1) is 0 Å². The van der Waals surface area contributed by atoms with Gasteiger partial charge in [0.25, 0.3) is 0 Å². The Hall–Kier alpha value is -3.08. The third-order valence-electron chi connectivity index (χ3n) is 2.79. The molecule has 2 aromatic carbocycles. The molecule has 5 nitrogen and oxygen atoms in total. The summed E-state index contributed by atoms with van der Waals surface area (Å²) in [5.41, 5.74) is 1.28. The van der Waals surface area contributed by atoms with Gasteiger partial charge in [0.15, 0.2) is 0 Å². The van der Waals surface area contributed by atoms with Gasteiger partial charge < -0.3 is 14.2 Å². The summed E-state index contributed by atoms with van der Waals surface area (Å²) >= 11 is 0. The number of hydrogen-bond donors (Lipinski definition) is 0. The zero-order chi connectivity index (χ0) is 15.9. The second-order valence-corrected chi connectivity index (χ2v) is 4.24. The second-order valence-electron chi connectivity index (χ2n) is 4.24. The van der Waals surface area contributed by atoms with Gasteiger partial charge in [-0.2, -0.15) is 0 Å². The lowest BCUT2D eigenvalue weighted by molar-refractivity contribution is 0.0600. The van der Waals surface area contributed by atoms with Crippen LogP contribution < -0.4 is 9.47 Å². The van der Waals surface area contributed by atoms with Crippen LogP contribution in [0.5, 0.6) is 11.5 Å². The summed E-state index contributed by atoms with van der Waals surface area (Å²) in [5, 5.41) is 0. The summed E-state index contributed by atoms with van der Waals surface area (Å²) in [6.07, 6.45) is 0.822. The summed E-state index contributed by atoms with van der Waals surface area (Å²) in [4.78, 5) is 22.9. The van der Waals surface area contributed by atoms with E-state index in [1.165, 1.54) is 31.4 Å². The summed E-state index contributed by atoms with van der Waals surface area (Å²) < 4.78 is 14.6. The predicted molar refractivity (Wildman–Crippen MR) is 81.0 cm³/mol. The van der Waals surface area contributed by atoms with Crippen molar-refractivity contribution in [3.63, 3.8) is 0 Å². The number of ether oxygens (including phenoxy) is 3. The maximum atomic E-state index is 11.7. The SMILES string of the molecule is C=Cc1ccc(OC(=O)Oc2ccc(C(=O)OC)cc2)cc1. The summed E-state index contributed by atoms with van der Waals surface area (Å²) in [5.74, 6) is 0.165. The van der Waals surface area contributed by atoms with Gasteiger partial charge in [0.1, 0.15) is 11.5 Å². The molecule has 2 aromatic rings. The molecule has 0 saturated heterocycles. The summed E-state index contributed by atoms with van der Waals surface area (Å²) in [6.45, 7) is 3.64. The van der Waals surface area contributed by atoms with E-state index in [0.717, 1.165) is 5.56 Å². The van der Waals surface area contributed by atoms with Crippen molar-refractivity contribution in [1.29, 1.82) is 0 Å². The monoisotopic (exact) mass is 298 g/mol. The molecule has 0 aromatic heterocycles. The minimum Gasteiger partial charge on any atom is -0.465 e. The molecular formula is C17H14O5. The minimum absolute atomic E-state index is 0.264. The third kappa shape index (κ3) is 3.96. The van der Waals surface area contributed by atoms with Crippen LogP contribution in [0.1, 0.15) is 15.9 Å². The molecule has 0 unspecified atom stereocenters. The molecule has 0 saturated carbocycles. The molecule has 0 atom stereocenters. The van der Waals surface area contributed by atoms with E-state index in [-0.39, 0.29) is 5.75 Å². The van der Waals surface area contributed by atoms with Crippen molar-refractivity contribution in [3.8, 4) is 11.5 Å². The third-order valence-corrected chi connectivity index (χ3v) is 2.79. The molecule has 0 spiro atoms. The fraction of sp³-hybridized carbons (Fsp3) is 0.0588. The Morgan fingerprint density at radius 1 is 0.909 bits per heavy atom. The van der Waals surface area contributed by atoms with Gasteiger partial charge in [-0.25, -0.2) is 9.59 Å². The molecule has 22 heavy (non-hydrogen) atoms. The molecule has 0 fully saturated rings. The highest BCUT2D eigenvalue weighted by Gasteiger charge is 2.09. The molecule has 112 valence electrons. The zero-order valence-electron chi connectivity index (χ0n) is 11.9. The number of methoxy groups -OCH3 is 1. The molecule has 2 rings (SSSR count). The van der Waals surface area contributed by atoms with E-state index >= 15 is 0 Å². The Bertz CT molecular complexity index is 671. The van der Waals surface area contributed by atoms with E-state index < -0.39 is 12.1 Å². The van der Waals surface area contributed by atoms with E-state index in [4.69, 9.17) is 9.47 Å². The van der Waals surface area contributed by atoms with Gasteiger partial charge >= 0.3 is 12.1 Å². The number of carbonyl (C=O) groups is 2. The maximum absolute atomic E-state index is 11.7. The Morgan fingerprint density at radius 2 is 1.41 bits per heavy atom. The molecule has 0 aliphatic rings. The van der Waals surface area contributed by atoms with Gasteiger partial charge in [0.2, 0.25) is 0 Å². The minimum atomic E-state index is -0.864. The first-order chi connectivity index (χ1) is 10.6. The lowest BCUT2D eigenvalue weighted by Crippen LogP contribution is -2.13. The highest BCUT2D eigenvalue weighted by Crippen LogP contribution is 2.16. The van der Waals surface area contributed by atoms with Gasteiger partial charge in [-0.3, -0.25) is 0 Å². The largest absolute Gasteiger partial charge is 0.519 e. The summed E-state index contributed by atoms with van der Waals surface area (Å²) in [7, 11) is 1.29. The number of carbonyl (C=O) groups excluding carboxylic acids is 2. The average Bonchev–Trinajstić information content (AvgIpc) is 2.55. The molecule has 5 heteroatoms. The van der Waals surface area contributed by atoms with Crippen molar-refractivity contribution in [2.75, 3.05) is 7.11 Å². The molecule has 0 aliphatic heterocycles. The quantitative estimate of drug-likeness (QED) is 0.636. The predicted octanol–water partition coefficient (Wildman–Crippen LogP) is 3.69. The second kappa shape index (κ2) is 7.08. The van der Waals surface area contributed by atoms with Gasteiger partial charge in [-0.05, 0) is 42.0 Å². The van der Waals surface area contributed by atoms with E-state index in [0.29, 0.717) is 11.3 Å². The van der Waals surface area contributed by atoms with Crippen LogP contribution in [0.2, 0.25) is 0 Å². The van der Waals surface area contributed by atoms with Crippen molar-refractivity contribution >= 4 is 18.2 Å². The standard InChI is InChI=1S/C17H14O5/c1-3-12-4-8-14(9-5-12)21-17(19)22-15-10-6-13(7-11-15)16(18)20-2/h3-11H,1H2,2H3. The smallest absolute Gasteiger partial charge is 0.465 e. The zero-order valence-corrected chi connectivity index (χ0v) is 11.9. The number of esters is 1. The highest BCUT2D eigenvalue weighted by atomic mass is 16.7. The molecule has 0 amide bonds. The van der Waals surface area contributed by atoms with E-state index in [1.54, 1.807) is 30.3 Å². The normalized spacial score (nSPS) is 9.68. The Morgan fingerprint density at radius 3 is 1.86 bits per heavy atom. The number of benzene rings is 2. The molecule has 0 aliphatic carbocycles. The lowest BCUT2D eigenvalue weighted by Gasteiger charge is -2.06. The Labute approximate surface area is 127 Å². The number of rotatable bonds is 4. The maximum Gasteiger partial charge on any atom is 0.519 e. The average molecular weight is 298 g/mol. The van der Waals surface area contributed by atoms with Gasteiger partial charge in [0, 0.05) is 0 Å². The first kappa shape index (κ1) is 15.3. The Kier molecular flexibility index (Phi) is 4.93. The van der Waals surface area contributed by atoms with Crippen molar-refractivity contribution in [3.05, 3.63) is 66.2 Å². The topological polar surface area (TPSA) is 61.8 Å². The molecule has 0 radical (unpaired) electrons. The molecular weight excluding hydrogens is 284 g/mol. The van der Waals surface area contributed by atoms with E-state index in [1.807, 2.05) is 0 Å². The van der Waals surface area contributed by atoms with Crippen molar-refractivity contribution in [2.45, 2.75) is 0 Å². The van der Waals surface area contributed by atoms with Crippen molar-refractivity contribution in [2.24, 2.45) is 0 Å². The van der Waals surface area contributed by atoms with Crippen LogP contribution >= 0.6 is 0 Å². The lowest BCUT2D eigenvalue weighted by atomic mass is 10.2. The Balaban J connectivity index is 1.96. The molecule has 0 heterocycles. The number of hydrogen-bond acceptors (Lipinski definition) is 5. The fourth-order valence-corrected chi connectivity index (χ4v) is 1.66. The molecule has 0 N–H and O–H groups in total. The van der Waals surface area contributed by atoms with Crippen LogP contribution in [0.3, 0.4) is 0 Å². The van der Waals surface area contributed by atoms with Crippen molar-refractivity contribution < 1.29 is 23.8 Å². The van der Waals surface area contributed by atoms with E-state index in [2.05, 4.69) is 11.3 Å². The van der Waals surface area contributed by atoms with Crippen LogP contribution in [-0.4, -0.2) is 19.2 Å². The molecule has 0 bridgehead atoms. The van der Waals surface area contributed by atoms with Crippen LogP contribution in [-0.2, 0) is 4.74 Å². The van der Waals surface area contributed by atoms with Crippen molar-refractivity contribution in [1.82, 2.24) is 0 Å². The van der Waals surface area contributed by atoms with Crippen LogP contribution in [0.25, 0.3) is 6.08 Å². The van der Waals surface area contributed by atoms with Gasteiger partial charge in [-0.1, -0.05) is 24.8 Å². The first-order valence-electron chi connectivity index (χ1n) is 6.43. The highest BCUT2D eigenvalue weighted by molar-refractivity contribution is 5.89. The van der Waals surface area contributed by atoms with Crippen LogP contribution in [0.4, 0.5) is 4.79 Å². The van der Waals surface area contributed by atoms with E-state index in [9.17, 15) is 9.59 Å². The fourth-order valence-electron chi connectivity index (χ4n) is 1.66. The summed E-state index contributed by atoms with van der Waals surface area (Å²) in [6, 6.07) is 12.8.